The predicted octanol–water partition coefficient (Wildman–Crippen LogP) is 9.38. The van der Waals surface area contributed by atoms with E-state index in [1.807, 2.05) is 66.4 Å². The van der Waals surface area contributed by atoms with E-state index >= 15 is 0 Å². The van der Waals surface area contributed by atoms with Gasteiger partial charge in [0.05, 0.1) is 6.61 Å². The Morgan fingerprint density at radius 1 is 0.758 bits per heavy atom. The van der Waals surface area contributed by atoms with Crippen LogP contribution in [0.2, 0.25) is 0 Å². The summed E-state index contributed by atoms with van der Waals surface area (Å²) in [5.41, 5.74) is 1.73. The summed E-state index contributed by atoms with van der Waals surface area (Å²) in [7, 11) is 0. The van der Waals surface area contributed by atoms with Crippen molar-refractivity contribution in [2.24, 2.45) is 0 Å². The van der Waals surface area contributed by atoms with Crippen LogP contribution in [0.3, 0.4) is 0 Å². The van der Waals surface area contributed by atoms with Crippen LogP contribution in [-0.4, -0.2) is 18.1 Å². The Morgan fingerprint density at radius 3 is 1.97 bits per heavy atom. The van der Waals surface area contributed by atoms with E-state index in [4.69, 9.17) is 4.74 Å². The molecule has 3 heteroatoms. The van der Waals surface area contributed by atoms with Crippen LogP contribution in [0.5, 0.6) is 5.75 Å². The molecule has 0 saturated heterocycles. The molecule has 0 bridgehead atoms. The normalized spacial score (nSPS) is 11.2. The first kappa shape index (κ1) is 27.2. The summed E-state index contributed by atoms with van der Waals surface area (Å²) in [6.45, 7) is 5.22. The molecule has 180 valence electrons. The number of benzene rings is 2. The molecule has 2 rings (SSSR count). The lowest BCUT2D eigenvalue weighted by Crippen LogP contribution is -1.97. The Balaban J connectivity index is 1.61. The van der Waals surface area contributed by atoms with Crippen LogP contribution in [0.25, 0.3) is 6.08 Å². The lowest BCUT2D eigenvalue weighted by Gasteiger charge is -2.06. The fraction of sp³-hybridized carbons (Fsp3) is 0.500. The summed E-state index contributed by atoms with van der Waals surface area (Å²) in [5, 5.41) is 0. The van der Waals surface area contributed by atoms with Crippen molar-refractivity contribution >= 4 is 23.6 Å². The molecule has 33 heavy (non-hydrogen) atoms. The molecule has 0 saturated carbocycles. The van der Waals surface area contributed by atoms with Crippen LogP contribution < -0.4 is 4.74 Å². The first-order valence-electron chi connectivity index (χ1n) is 12.9. The second kappa shape index (κ2) is 17.5. The van der Waals surface area contributed by atoms with Crippen LogP contribution in [0.4, 0.5) is 0 Å². The summed E-state index contributed by atoms with van der Waals surface area (Å²) in [5.74, 6) is 2.03. The molecule has 0 aliphatic rings. The first-order valence-corrected chi connectivity index (χ1v) is 13.9. The molecule has 0 N–H and O–H groups in total. The van der Waals surface area contributed by atoms with Gasteiger partial charge in [0.1, 0.15) is 5.75 Å². The molecular weight excluding hydrogens is 424 g/mol. The van der Waals surface area contributed by atoms with E-state index in [1.165, 1.54) is 62.7 Å². The molecule has 0 spiro atoms. The van der Waals surface area contributed by atoms with Gasteiger partial charge in [-0.3, -0.25) is 4.79 Å². The standard InChI is InChI=1S/C30H42O2S/c1-3-5-6-7-8-9-10-11-12-13-24-32-28-19-14-26(15-20-28)16-23-30(31)27-17-21-29(22-18-27)33-25-4-2/h14-23H,3-13,24-25H2,1-2H3/b23-16+. The zero-order valence-electron chi connectivity index (χ0n) is 20.7. The van der Waals surface area contributed by atoms with Crippen LogP contribution in [0.15, 0.2) is 59.5 Å². The van der Waals surface area contributed by atoms with E-state index < -0.39 is 0 Å². The van der Waals surface area contributed by atoms with Crippen LogP contribution in [-0.2, 0) is 0 Å². The van der Waals surface area contributed by atoms with Gasteiger partial charge in [0.2, 0.25) is 0 Å². The predicted molar refractivity (Wildman–Crippen MR) is 145 cm³/mol. The summed E-state index contributed by atoms with van der Waals surface area (Å²) < 4.78 is 5.87. The highest BCUT2D eigenvalue weighted by atomic mass is 32.2. The molecule has 2 aromatic carbocycles. The minimum atomic E-state index is 0.0309. The maximum atomic E-state index is 12.4. The molecule has 0 fully saturated rings. The molecular formula is C30H42O2S. The third kappa shape index (κ3) is 12.1. The number of carbonyl (C=O) groups excluding carboxylic acids is 1. The van der Waals surface area contributed by atoms with Crippen molar-refractivity contribution in [2.45, 2.75) is 89.4 Å². The zero-order valence-corrected chi connectivity index (χ0v) is 21.5. The average Bonchev–Trinajstić information content (AvgIpc) is 2.85. The summed E-state index contributed by atoms with van der Waals surface area (Å²) in [6, 6.07) is 15.9. The van der Waals surface area contributed by atoms with Gasteiger partial charge in [-0.05, 0) is 66.6 Å². The zero-order chi connectivity index (χ0) is 23.6. The number of carbonyl (C=O) groups is 1. The van der Waals surface area contributed by atoms with Crippen LogP contribution in [0, 0.1) is 0 Å². The van der Waals surface area contributed by atoms with Gasteiger partial charge in [0.25, 0.3) is 0 Å². The van der Waals surface area contributed by atoms with E-state index in [1.54, 1.807) is 6.08 Å². The topological polar surface area (TPSA) is 26.3 Å². The van der Waals surface area contributed by atoms with Gasteiger partial charge in [-0.15, -0.1) is 11.8 Å². The first-order chi connectivity index (χ1) is 16.2. The van der Waals surface area contributed by atoms with Crippen molar-refractivity contribution in [1.29, 1.82) is 0 Å². The number of hydrogen-bond donors (Lipinski definition) is 0. The van der Waals surface area contributed by atoms with Crippen LogP contribution >= 0.6 is 11.8 Å². The molecule has 0 radical (unpaired) electrons. The number of unbranched alkanes of at least 4 members (excludes halogenated alkanes) is 9. The summed E-state index contributed by atoms with van der Waals surface area (Å²) in [4.78, 5) is 13.6. The summed E-state index contributed by atoms with van der Waals surface area (Å²) >= 11 is 1.83. The molecule has 0 unspecified atom stereocenters. The van der Waals surface area contributed by atoms with E-state index in [0.717, 1.165) is 42.1 Å². The SMILES string of the molecule is CCCCCCCCCCCCOc1ccc(/C=C/C(=O)c2ccc(SCCC)cc2)cc1. The van der Waals surface area contributed by atoms with E-state index in [-0.39, 0.29) is 5.78 Å². The third-order valence-electron chi connectivity index (χ3n) is 5.69. The Hall–Kier alpha value is -2.00. The molecule has 0 heterocycles. The van der Waals surface area contributed by atoms with Gasteiger partial charge >= 0.3 is 0 Å². The van der Waals surface area contributed by atoms with Gasteiger partial charge < -0.3 is 4.74 Å². The highest BCUT2D eigenvalue weighted by Gasteiger charge is 2.02. The molecule has 0 aromatic heterocycles. The lowest BCUT2D eigenvalue weighted by atomic mass is 10.1. The fourth-order valence-electron chi connectivity index (χ4n) is 3.66. The molecule has 2 nitrogen and oxygen atoms in total. The third-order valence-corrected chi connectivity index (χ3v) is 6.90. The molecule has 0 atom stereocenters. The number of ketones is 1. The number of allylic oxidation sites excluding steroid dienone is 1. The van der Waals surface area contributed by atoms with Crippen LogP contribution in [0.1, 0.15) is 100 Å². The van der Waals surface area contributed by atoms with Crippen molar-refractivity contribution in [3.05, 3.63) is 65.7 Å². The second-order valence-electron chi connectivity index (χ2n) is 8.67. The quantitative estimate of drug-likeness (QED) is 0.0947. The largest absolute Gasteiger partial charge is 0.494 e. The van der Waals surface area contributed by atoms with Crippen molar-refractivity contribution in [3.63, 3.8) is 0 Å². The Kier molecular flexibility index (Phi) is 14.4. The average molecular weight is 467 g/mol. The smallest absolute Gasteiger partial charge is 0.185 e. The summed E-state index contributed by atoms with van der Waals surface area (Å²) in [6.07, 6.45) is 18.0. The Bertz CT molecular complexity index is 793. The number of thioether (sulfide) groups is 1. The minimum Gasteiger partial charge on any atom is -0.494 e. The van der Waals surface area contributed by atoms with Gasteiger partial charge in [-0.25, -0.2) is 0 Å². The molecule has 0 amide bonds. The monoisotopic (exact) mass is 466 g/mol. The van der Waals surface area contributed by atoms with Crippen molar-refractivity contribution in [2.75, 3.05) is 12.4 Å². The number of ether oxygens (including phenoxy) is 1. The maximum absolute atomic E-state index is 12.4. The van der Waals surface area contributed by atoms with Crippen molar-refractivity contribution in [1.82, 2.24) is 0 Å². The fourth-order valence-corrected chi connectivity index (χ4v) is 4.43. The van der Waals surface area contributed by atoms with Gasteiger partial charge in [0, 0.05) is 10.5 Å². The van der Waals surface area contributed by atoms with Gasteiger partial charge in [0.15, 0.2) is 5.78 Å². The van der Waals surface area contributed by atoms with E-state index in [0.29, 0.717) is 0 Å². The van der Waals surface area contributed by atoms with E-state index in [2.05, 4.69) is 13.8 Å². The second-order valence-corrected chi connectivity index (χ2v) is 9.84. The van der Waals surface area contributed by atoms with Crippen molar-refractivity contribution < 1.29 is 9.53 Å². The van der Waals surface area contributed by atoms with Gasteiger partial charge in [-0.1, -0.05) is 89.8 Å². The van der Waals surface area contributed by atoms with Gasteiger partial charge in [-0.2, -0.15) is 0 Å². The minimum absolute atomic E-state index is 0.0309. The Labute approximate surface area is 206 Å². The molecule has 0 aliphatic carbocycles. The highest BCUT2D eigenvalue weighted by molar-refractivity contribution is 7.99. The van der Waals surface area contributed by atoms with E-state index in [9.17, 15) is 4.79 Å². The maximum Gasteiger partial charge on any atom is 0.185 e. The number of hydrogen-bond acceptors (Lipinski definition) is 3. The molecule has 2 aromatic rings. The number of rotatable bonds is 18. The highest BCUT2D eigenvalue weighted by Crippen LogP contribution is 2.20. The Morgan fingerprint density at radius 2 is 1.36 bits per heavy atom. The van der Waals surface area contributed by atoms with Crippen molar-refractivity contribution in [3.8, 4) is 5.75 Å². The lowest BCUT2D eigenvalue weighted by molar-refractivity contribution is 0.104. The molecule has 0 aliphatic heterocycles.